The van der Waals surface area contributed by atoms with Crippen LogP contribution in [0.4, 0.5) is 0 Å². The quantitative estimate of drug-likeness (QED) is 0.770. The van der Waals surface area contributed by atoms with Crippen LogP contribution in [0.3, 0.4) is 0 Å². The van der Waals surface area contributed by atoms with Gasteiger partial charge in [0.2, 0.25) is 5.91 Å². The Hall–Kier alpha value is -1.92. The lowest BCUT2D eigenvalue weighted by Crippen LogP contribution is -2.41. The first kappa shape index (κ1) is 15.5. The SMILES string of the molecule is CCCC(=O)N1CCC[C@@H]1C(=O)O[C@H](C)c1nc(C)no1. The van der Waals surface area contributed by atoms with Gasteiger partial charge >= 0.3 is 5.97 Å². The van der Waals surface area contributed by atoms with Crippen molar-refractivity contribution in [3.8, 4) is 0 Å². The van der Waals surface area contributed by atoms with Crippen molar-refractivity contribution in [2.75, 3.05) is 6.54 Å². The lowest BCUT2D eigenvalue weighted by Gasteiger charge is -2.24. The van der Waals surface area contributed by atoms with Crippen molar-refractivity contribution < 1.29 is 18.8 Å². The number of nitrogens with zero attached hydrogens (tertiary/aromatic N) is 3. The molecule has 0 radical (unpaired) electrons. The van der Waals surface area contributed by atoms with Crippen LogP contribution in [0.1, 0.15) is 57.3 Å². The molecule has 0 N–H and O–H groups in total. The summed E-state index contributed by atoms with van der Waals surface area (Å²) in [5, 5.41) is 3.67. The maximum Gasteiger partial charge on any atom is 0.329 e. The van der Waals surface area contributed by atoms with Crippen molar-refractivity contribution in [3.05, 3.63) is 11.7 Å². The van der Waals surface area contributed by atoms with E-state index in [1.165, 1.54) is 0 Å². The van der Waals surface area contributed by atoms with Gasteiger partial charge in [0.05, 0.1) is 0 Å². The summed E-state index contributed by atoms with van der Waals surface area (Å²) in [6, 6.07) is -0.490. The second-order valence-electron chi connectivity index (χ2n) is 5.25. The van der Waals surface area contributed by atoms with E-state index in [2.05, 4.69) is 10.1 Å². The third kappa shape index (κ3) is 3.59. The minimum absolute atomic E-state index is 0.0123. The highest BCUT2D eigenvalue weighted by Crippen LogP contribution is 2.23. The molecular weight excluding hydrogens is 274 g/mol. The Kier molecular flexibility index (Phi) is 4.93. The van der Waals surface area contributed by atoms with E-state index in [0.29, 0.717) is 25.2 Å². The average molecular weight is 295 g/mol. The Morgan fingerprint density at radius 1 is 1.52 bits per heavy atom. The molecule has 2 heterocycles. The van der Waals surface area contributed by atoms with Crippen LogP contribution in [-0.2, 0) is 14.3 Å². The summed E-state index contributed by atoms with van der Waals surface area (Å²) in [4.78, 5) is 29.9. The van der Waals surface area contributed by atoms with Crippen LogP contribution < -0.4 is 0 Å². The van der Waals surface area contributed by atoms with Crippen molar-refractivity contribution in [3.63, 3.8) is 0 Å². The van der Waals surface area contributed by atoms with Crippen molar-refractivity contribution in [2.45, 2.75) is 58.6 Å². The molecule has 7 heteroatoms. The Bertz CT molecular complexity index is 514. The normalized spacial score (nSPS) is 19.6. The highest BCUT2D eigenvalue weighted by atomic mass is 16.6. The number of ether oxygens (including phenoxy) is 1. The molecule has 7 nitrogen and oxygen atoms in total. The van der Waals surface area contributed by atoms with E-state index in [1.54, 1.807) is 18.7 Å². The summed E-state index contributed by atoms with van der Waals surface area (Å²) in [5.74, 6) is 0.373. The third-order valence-corrected chi connectivity index (χ3v) is 3.49. The van der Waals surface area contributed by atoms with Crippen molar-refractivity contribution >= 4 is 11.9 Å². The predicted octanol–water partition coefficient (Wildman–Crippen LogP) is 1.77. The number of hydrogen-bond acceptors (Lipinski definition) is 6. The summed E-state index contributed by atoms with van der Waals surface area (Å²) in [7, 11) is 0. The van der Waals surface area contributed by atoms with E-state index in [0.717, 1.165) is 12.8 Å². The molecule has 0 aliphatic carbocycles. The number of aryl methyl sites for hydroxylation is 1. The van der Waals surface area contributed by atoms with Crippen LogP contribution in [0.2, 0.25) is 0 Å². The van der Waals surface area contributed by atoms with Crippen LogP contribution in [-0.4, -0.2) is 39.5 Å². The van der Waals surface area contributed by atoms with Gasteiger partial charge in [0, 0.05) is 13.0 Å². The number of aromatic nitrogens is 2. The maximum absolute atomic E-state index is 12.2. The Labute approximate surface area is 123 Å². The van der Waals surface area contributed by atoms with Crippen molar-refractivity contribution in [1.82, 2.24) is 15.0 Å². The second-order valence-corrected chi connectivity index (χ2v) is 5.25. The van der Waals surface area contributed by atoms with E-state index in [1.807, 2.05) is 6.92 Å². The molecule has 0 saturated carbocycles. The lowest BCUT2D eigenvalue weighted by molar-refractivity contribution is -0.158. The zero-order valence-electron chi connectivity index (χ0n) is 12.7. The number of esters is 1. The third-order valence-electron chi connectivity index (χ3n) is 3.49. The minimum atomic E-state index is -0.609. The molecule has 2 rings (SSSR count). The molecule has 0 unspecified atom stereocenters. The first-order valence-corrected chi connectivity index (χ1v) is 7.33. The van der Waals surface area contributed by atoms with Crippen molar-refractivity contribution in [2.24, 2.45) is 0 Å². The molecule has 1 aliphatic heterocycles. The van der Waals surface area contributed by atoms with Crippen LogP contribution in [0.5, 0.6) is 0 Å². The number of amides is 1. The molecule has 1 aromatic heterocycles. The fourth-order valence-corrected chi connectivity index (χ4v) is 2.45. The van der Waals surface area contributed by atoms with Gasteiger partial charge in [-0.15, -0.1) is 0 Å². The number of carbonyl (C=O) groups is 2. The molecule has 0 bridgehead atoms. The van der Waals surface area contributed by atoms with Gasteiger partial charge in [-0.2, -0.15) is 4.98 Å². The molecule has 1 aromatic rings. The van der Waals surface area contributed by atoms with Gasteiger partial charge in [-0.1, -0.05) is 12.1 Å². The van der Waals surface area contributed by atoms with Crippen molar-refractivity contribution in [1.29, 1.82) is 0 Å². The number of carbonyl (C=O) groups excluding carboxylic acids is 2. The Morgan fingerprint density at radius 2 is 2.29 bits per heavy atom. The summed E-state index contributed by atoms with van der Waals surface area (Å²) < 4.78 is 10.3. The number of hydrogen-bond donors (Lipinski definition) is 0. The number of likely N-dealkylation sites (tertiary alicyclic amines) is 1. The van der Waals surface area contributed by atoms with E-state index in [-0.39, 0.29) is 11.8 Å². The van der Waals surface area contributed by atoms with Crippen LogP contribution >= 0.6 is 0 Å². The maximum atomic E-state index is 12.2. The van der Waals surface area contributed by atoms with Gasteiger partial charge in [-0.25, -0.2) is 4.79 Å². The zero-order chi connectivity index (χ0) is 15.4. The molecule has 1 saturated heterocycles. The van der Waals surface area contributed by atoms with E-state index >= 15 is 0 Å². The van der Waals surface area contributed by atoms with Crippen LogP contribution in [0.25, 0.3) is 0 Å². The van der Waals surface area contributed by atoms with E-state index < -0.39 is 18.1 Å². The molecule has 1 aliphatic rings. The van der Waals surface area contributed by atoms with Gasteiger partial charge < -0.3 is 14.2 Å². The first-order chi connectivity index (χ1) is 10.0. The smallest absolute Gasteiger partial charge is 0.329 e. The summed E-state index contributed by atoms with van der Waals surface area (Å²) >= 11 is 0. The van der Waals surface area contributed by atoms with E-state index in [9.17, 15) is 9.59 Å². The number of rotatable bonds is 5. The fraction of sp³-hybridized carbons (Fsp3) is 0.714. The zero-order valence-corrected chi connectivity index (χ0v) is 12.7. The summed E-state index contributed by atoms with van der Waals surface area (Å²) in [6.45, 7) is 5.94. The van der Waals surface area contributed by atoms with Gasteiger partial charge in [0.25, 0.3) is 5.89 Å². The fourth-order valence-electron chi connectivity index (χ4n) is 2.45. The van der Waals surface area contributed by atoms with Crippen LogP contribution in [0.15, 0.2) is 4.52 Å². The predicted molar refractivity (Wildman–Crippen MR) is 73.2 cm³/mol. The van der Waals surface area contributed by atoms with Crippen LogP contribution in [0, 0.1) is 6.92 Å². The molecule has 2 atom stereocenters. The molecule has 1 amide bonds. The highest BCUT2D eigenvalue weighted by Gasteiger charge is 2.36. The van der Waals surface area contributed by atoms with Gasteiger partial charge in [-0.3, -0.25) is 4.79 Å². The van der Waals surface area contributed by atoms with E-state index in [4.69, 9.17) is 9.26 Å². The van der Waals surface area contributed by atoms with Gasteiger partial charge in [0.1, 0.15) is 6.04 Å². The second kappa shape index (κ2) is 6.69. The lowest BCUT2D eigenvalue weighted by atomic mass is 10.2. The Balaban J connectivity index is 1.97. The molecule has 0 spiro atoms. The van der Waals surface area contributed by atoms with Gasteiger partial charge in [0.15, 0.2) is 11.9 Å². The largest absolute Gasteiger partial charge is 0.451 e. The summed E-state index contributed by atoms with van der Waals surface area (Å²) in [6.07, 6.45) is 2.09. The Morgan fingerprint density at radius 3 is 2.90 bits per heavy atom. The minimum Gasteiger partial charge on any atom is -0.451 e. The highest BCUT2D eigenvalue weighted by molar-refractivity contribution is 5.85. The molecule has 1 fully saturated rings. The molecular formula is C14H21N3O4. The topological polar surface area (TPSA) is 85.5 Å². The molecule has 116 valence electrons. The van der Waals surface area contributed by atoms with Gasteiger partial charge in [-0.05, 0) is 33.1 Å². The standard InChI is InChI=1S/C14H21N3O4/c1-4-6-12(18)17-8-5-7-11(17)14(19)20-9(2)13-15-10(3)16-21-13/h9,11H,4-8H2,1-3H3/t9-,11-/m1/s1. The summed E-state index contributed by atoms with van der Waals surface area (Å²) in [5.41, 5.74) is 0. The average Bonchev–Trinajstić information content (AvgIpc) is 3.07. The monoisotopic (exact) mass is 295 g/mol. The molecule has 0 aromatic carbocycles. The first-order valence-electron chi connectivity index (χ1n) is 7.33. The molecule has 21 heavy (non-hydrogen) atoms.